The first-order valence-electron chi connectivity index (χ1n) is 12.3. The molecule has 1 aromatic carbocycles. The Morgan fingerprint density at radius 2 is 1.74 bits per heavy atom. The van der Waals surface area contributed by atoms with Crippen molar-refractivity contribution in [2.75, 3.05) is 29.9 Å². The molecule has 0 saturated heterocycles. The third-order valence-corrected chi connectivity index (χ3v) is 6.56. The Hall–Kier alpha value is -3.74. The van der Waals surface area contributed by atoms with Crippen LogP contribution in [-0.2, 0) is 6.42 Å². The van der Waals surface area contributed by atoms with Crippen LogP contribution in [0.5, 0.6) is 0 Å². The standard InChI is InChI=1S/C27H23Cl2N9O2.3ClH/c28-18-4-6-21(23(29)15-18)25-22(26-32-10-11-33-26)17-35-27(36-25)37(13-8-19-3-1-2-9-30-19)14-12-31-24-7-5-20(16-34-24)38(39)40;;;/h1-7,9-11,15-17H,8,12-14H2,(H,31,34)(H,32,33);3*1H. The Morgan fingerprint density at radius 3 is 2.40 bits per heavy atom. The SMILES string of the molecule is Cl.Cl.Cl.O=[N+]([O-])c1ccc(NCCN(CCc2ccccn2)c2ncc(-c3ncc[nH]3)c(-c3ccc(Cl)cc3Cl)n2)nc1. The second-order valence-corrected chi connectivity index (χ2v) is 9.48. The molecule has 0 atom stereocenters. The summed E-state index contributed by atoms with van der Waals surface area (Å²) in [5.41, 5.74) is 2.86. The number of nitrogens with one attached hydrogen (secondary N) is 2. The highest BCUT2D eigenvalue weighted by molar-refractivity contribution is 6.36. The first-order valence-corrected chi connectivity index (χ1v) is 13.0. The average molecular weight is 686 g/mol. The summed E-state index contributed by atoms with van der Waals surface area (Å²) in [4.78, 5) is 38.2. The highest BCUT2D eigenvalue weighted by atomic mass is 35.5. The number of pyridine rings is 2. The molecule has 0 aliphatic heterocycles. The van der Waals surface area contributed by atoms with Crippen LogP contribution in [0.25, 0.3) is 22.6 Å². The number of nitro groups is 1. The summed E-state index contributed by atoms with van der Waals surface area (Å²) in [7, 11) is 0. The number of aromatic nitrogens is 6. The van der Waals surface area contributed by atoms with Gasteiger partial charge in [0, 0.05) is 73.2 Å². The third kappa shape index (κ3) is 9.12. The van der Waals surface area contributed by atoms with Crippen molar-refractivity contribution in [2.45, 2.75) is 6.42 Å². The molecule has 0 saturated carbocycles. The van der Waals surface area contributed by atoms with Gasteiger partial charge in [-0.2, -0.15) is 0 Å². The molecule has 16 heteroatoms. The van der Waals surface area contributed by atoms with Crippen molar-refractivity contribution in [1.29, 1.82) is 0 Å². The minimum Gasteiger partial charge on any atom is -0.368 e. The number of benzene rings is 1. The fourth-order valence-corrected chi connectivity index (χ4v) is 4.52. The van der Waals surface area contributed by atoms with Crippen LogP contribution in [0, 0.1) is 10.1 Å². The Bertz CT molecular complexity index is 1600. The number of nitrogens with zero attached hydrogens (tertiary/aromatic N) is 7. The van der Waals surface area contributed by atoms with Gasteiger partial charge in [-0.25, -0.2) is 19.9 Å². The maximum absolute atomic E-state index is 10.9. The highest BCUT2D eigenvalue weighted by Gasteiger charge is 2.19. The van der Waals surface area contributed by atoms with Gasteiger partial charge in [0.1, 0.15) is 17.8 Å². The van der Waals surface area contributed by atoms with E-state index in [4.69, 9.17) is 28.2 Å². The van der Waals surface area contributed by atoms with Crippen molar-refractivity contribution in [3.63, 3.8) is 0 Å². The van der Waals surface area contributed by atoms with Gasteiger partial charge in [-0.15, -0.1) is 37.2 Å². The molecular formula is C27H26Cl5N9O2. The Labute approximate surface area is 275 Å². The first kappa shape index (κ1) is 35.5. The zero-order valence-corrected chi connectivity index (χ0v) is 26.2. The van der Waals surface area contributed by atoms with Crippen molar-refractivity contribution in [3.05, 3.63) is 105 Å². The highest BCUT2D eigenvalue weighted by Crippen LogP contribution is 2.35. The molecule has 0 amide bonds. The lowest BCUT2D eigenvalue weighted by Gasteiger charge is -2.24. The van der Waals surface area contributed by atoms with E-state index in [9.17, 15) is 10.1 Å². The van der Waals surface area contributed by atoms with Crippen molar-refractivity contribution >= 4 is 77.9 Å². The van der Waals surface area contributed by atoms with Gasteiger partial charge in [0.2, 0.25) is 5.95 Å². The summed E-state index contributed by atoms with van der Waals surface area (Å²) in [6, 6.07) is 14.0. The molecule has 43 heavy (non-hydrogen) atoms. The molecule has 2 N–H and O–H groups in total. The van der Waals surface area contributed by atoms with Gasteiger partial charge in [0.25, 0.3) is 5.69 Å². The van der Waals surface area contributed by atoms with Gasteiger partial charge < -0.3 is 15.2 Å². The maximum Gasteiger partial charge on any atom is 0.287 e. The lowest BCUT2D eigenvalue weighted by Crippen LogP contribution is -2.33. The van der Waals surface area contributed by atoms with Crippen LogP contribution in [0.4, 0.5) is 17.5 Å². The molecule has 0 aliphatic rings. The molecule has 0 aliphatic carbocycles. The van der Waals surface area contributed by atoms with Gasteiger partial charge in [-0.05, 0) is 36.4 Å². The molecule has 11 nitrogen and oxygen atoms in total. The minimum atomic E-state index is -0.482. The van der Waals surface area contributed by atoms with Crippen LogP contribution in [0.3, 0.4) is 0 Å². The summed E-state index contributed by atoms with van der Waals surface area (Å²) in [5.74, 6) is 1.63. The zero-order valence-electron chi connectivity index (χ0n) is 22.3. The van der Waals surface area contributed by atoms with Gasteiger partial charge in [0.05, 0.1) is 21.2 Å². The van der Waals surface area contributed by atoms with E-state index in [1.54, 1.807) is 43.0 Å². The molecule has 0 fully saturated rings. The smallest absolute Gasteiger partial charge is 0.287 e. The number of imidazole rings is 1. The van der Waals surface area contributed by atoms with Crippen LogP contribution in [-0.4, -0.2) is 54.5 Å². The predicted molar refractivity (Wildman–Crippen MR) is 176 cm³/mol. The number of rotatable bonds is 11. The van der Waals surface area contributed by atoms with Crippen molar-refractivity contribution in [1.82, 2.24) is 29.9 Å². The quantitative estimate of drug-likeness (QED) is 0.112. The summed E-state index contributed by atoms with van der Waals surface area (Å²) < 4.78 is 0. The molecule has 5 aromatic rings. The summed E-state index contributed by atoms with van der Waals surface area (Å²) in [6.45, 7) is 1.58. The van der Waals surface area contributed by atoms with Gasteiger partial charge in [-0.3, -0.25) is 15.1 Å². The second kappa shape index (κ2) is 16.8. The zero-order chi connectivity index (χ0) is 27.9. The van der Waals surface area contributed by atoms with E-state index in [1.165, 1.54) is 12.3 Å². The lowest BCUT2D eigenvalue weighted by atomic mass is 10.1. The van der Waals surface area contributed by atoms with E-state index < -0.39 is 4.92 Å². The number of halogens is 5. The largest absolute Gasteiger partial charge is 0.368 e. The van der Waals surface area contributed by atoms with E-state index in [0.29, 0.717) is 70.5 Å². The molecule has 0 unspecified atom stereocenters. The van der Waals surface area contributed by atoms with Crippen LogP contribution in [0.15, 0.2) is 79.5 Å². The molecule has 4 heterocycles. The molecule has 5 rings (SSSR count). The topological polar surface area (TPSA) is 139 Å². The van der Waals surface area contributed by atoms with Crippen LogP contribution in [0.2, 0.25) is 10.0 Å². The van der Waals surface area contributed by atoms with Crippen LogP contribution < -0.4 is 10.2 Å². The first-order chi connectivity index (χ1) is 19.5. The Morgan fingerprint density at radius 1 is 0.907 bits per heavy atom. The predicted octanol–water partition coefficient (Wildman–Crippen LogP) is 6.97. The number of hydrogen-bond acceptors (Lipinski definition) is 9. The maximum atomic E-state index is 10.9. The van der Waals surface area contributed by atoms with Gasteiger partial charge in [-0.1, -0.05) is 29.3 Å². The number of aromatic amines is 1. The lowest BCUT2D eigenvalue weighted by molar-refractivity contribution is -0.385. The Balaban J connectivity index is 0.00000215. The molecule has 226 valence electrons. The summed E-state index contributed by atoms with van der Waals surface area (Å²) in [5, 5.41) is 15.1. The van der Waals surface area contributed by atoms with Crippen molar-refractivity contribution in [2.24, 2.45) is 0 Å². The monoisotopic (exact) mass is 683 g/mol. The van der Waals surface area contributed by atoms with Crippen molar-refractivity contribution < 1.29 is 4.92 Å². The fraction of sp³-hybridized carbons (Fsp3) is 0.148. The number of anilines is 2. The molecule has 4 aromatic heterocycles. The fourth-order valence-electron chi connectivity index (χ4n) is 4.02. The van der Waals surface area contributed by atoms with E-state index in [1.807, 2.05) is 29.2 Å². The minimum absolute atomic E-state index is 0. The van der Waals surface area contributed by atoms with Crippen LogP contribution >= 0.6 is 60.4 Å². The summed E-state index contributed by atoms with van der Waals surface area (Å²) >= 11 is 12.8. The van der Waals surface area contributed by atoms with Gasteiger partial charge >= 0.3 is 0 Å². The normalized spacial score (nSPS) is 10.1. The van der Waals surface area contributed by atoms with E-state index >= 15 is 0 Å². The van der Waals surface area contributed by atoms with Crippen LogP contribution in [0.1, 0.15) is 5.69 Å². The Kier molecular flexibility index (Phi) is 13.8. The molecule has 0 radical (unpaired) electrons. The van der Waals surface area contributed by atoms with Gasteiger partial charge in [0.15, 0.2) is 0 Å². The second-order valence-electron chi connectivity index (χ2n) is 8.64. The number of H-pyrrole nitrogens is 1. The van der Waals surface area contributed by atoms with E-state index in [-0.39, 0.29) is 42.9 Å². The summed E-state index contributed by atoms with van der Waals surface area (Å²) in [6.07, 6.45) is 8.76. The molecule has 0 spiro atoms. The van der Waals surface area contributed by atoms with E-state index in [0.717, 1.165) is 5.69 Å². The van der Waals surface area contributed by atoms with E-state index in [2.05, 4.69) is 30.2 Å². The van der Waals surface area contributed by atoms with Crippen molar-refractivity contribution in [3.8, 4) is 22.6 Å². The molecular weight excluding hydrogens is 660 g/mol. The molecule has 0 bridgehead atoms. The third-order valence-electron chi connectivity index (χ3n) is 6.01. The average Bonchev–Trinajstić information content (AvgIpc) is 3.50. The number of hydrogen-bond donors (Lipinski definition) is 2.